The predicted octanol–water partition coefficient (Wildman–Crippen LogP) is 1.93. The number of rotatable bonds is 6. The number of nitrogens with one attached hydrogen (secondary N) is 1. The lowest BCUT2D eigenvalue weighted by Crippen LogP contribution is -2.40. The number of benzene rings is 1. The molecule has 0 spiro atoms. The minimum Gasteiger partial charge on any atom is -0.464 e. The van der Waals surface area contributed by atoms with Crippen LogP contribution in [-0.4, -0.2) is 24.5 Å². The third-order valence-corrected chi connectivity index (χ3v) is 2.50. The predicted molar refractivity (Wildman–Crippen MR) is 73.5 cm³/mol. The Kier molecular flexibility index (Phi) is 6.06. The quantitative estimate of drug-likeness (QED) is 0.798. The lowest BCUT2D eigenvalue weighted by molar-refractivity contribution is -0.148. The lowest BCUT2D eigenvalue weighted by atomic mass is 10.1. The van der Waals surface area contributed by atoms with Gasteiger partial charge in [-0.2, -0.15) is 0 Å². The topological polar surface area (TPSA) is 55.4 Å². The fraction of sp³-hybridized carbons (Fsp3) is 0.467. The molecule has 4 nitrogen and oxygen atoms in total. The second-order valence-corrected chi connectivity index (χ2v) is 4.98. The third-order valence-electron chi connectivity index (χ3n) is 2.50. The Morgan fingerprint density at radius 1 is 1.16 bits per heavy atom. The van der Waals surface area contributed by atoms with Crippen molar-refractivity contribution < 1.29 is 14.3 Å². The Morgan fingerprint density at radius 3 is 2.37 bits per heavy atom. The van der Waals surface area contributed by atoms with Crippen LogP contribution in [0.5, 0.6) is 0 Å². The van der Waals surface area contributed by atoms with Crippen LogP contribution >= 0.6 is 0 Å². The van der Waals surface area contributed by atoms with Crippen LogP contribution in [0.4, 0.5) is 0 Å². The summed E-state index contributed by atoms with van der Waals surface area (Å²) < 4.78 is 5.06. The van der Waals surface area contributed by atoms with Crippen molar-refractivity contribution in [2.75, 3.05) is 6.61 Å². The highest BCUT2D eigenvalue weighted by Crippen LogP contribution is 2.00. The summed E-state index contributed by atoms with van der Waals surface area (Å²) in [5.74, 6) is -0.286. The molecule has 0 fully saturated rings. The maximum Gasteiger partial charge on any atom is 0.328 e. The molecule has 0 unspecified atom stereocenters. The maximum absolute atomic E-state index is 11.7. The SMILES string of the molecule is CC(C)COC(=O)[C@H](C)NC(=O)Cc1ccccc1. The molecule has 0 aromatic heterocycles. The van der Waals surface area contributed by atoms with Gasteiger partial charge in [-0.25, -0.2) is 4.79 Å². The van der Waals surface area contributed by atoms with Crippen LogP contribution in [0.2, 0.25) is 0 Å². The Labute approximate surface area is 114 Å². The van der Waals surface area contributed by atoms with Crippen molar-refractivity contribution in [3.8, 4) is 0 Å². The molecular weight excluding hydrogens is 242 g/mol. The van der Waals surface area contributed by atoms with Crippen LogP contribution in [0.15, 0.2) is 30.3 Å². The van der Waals surface area contributed by atoms with Gasteiger partial charge in [0.25, 0.3) is 0 Å². The first kappa shape index (κ1) is 15.2. The van der Waals surface area contributed by atoms with E-state index in [-0.39, 0.29) is 18.2 Å². The van der Waals surface area contributed by atoms with E-state index in [1.54, 1.807) is 6.92 Å². The van der Waals surface area contributed by atoms with Gasteiger partial charge in [-0.15, -0.1) is 0 Å². The summed E-state index contributed by atoms with van der Waals surface area (Å²) in [6.07, 6.45) is 0.267. The van der Waals surface area contributed by atoms with Crippen molar-refractivity contribution in [2.24, 2.45) is 5.92 Å². The highest BCUT2D eigenvalue weighted by Gasteiger charge is 2.17. The molecule has 0 saturated carbocycles. The van der Waals surface area contributed by atoms with Gasteiger partial charge < -0.3 is 10.1 Å². The van der Waals surface area contributed by atoms with Crippen molar-refractivity contribution in [3.05, 3.63) is 35.9 Å². The van der Waals surface area contributed by atoms with Crippen LogP contribution in [0, 0.1) is 5.92 Å². The van der Waals surface area contributed by atoms with E-state index in [9.17, 15) is 9.59 Å². The zero-order valence-corrected chi connectivity index (χ0v) is 11.7. The Morgan fingerprint density at radius 2 is 1.79 bits per heavy atom. The molecule has 0 radical (unpaired) electrons. The average Bonchev–Trinajstić information content (AvgIpc) is 2.36. The highest BCUT2D eigenvalue weighted by molar-refractivity contribution is 5.85. The zero-order chi connectivity index (χ0) is 14.3. The molecule has 4 heteroatoms. The van der Waals surface area contributed by atoms with E-state index in [1.165, 1.54) is 0 Å². The average molecular weight is 263 g/mol. The Hall–Kier alpha value is -1.84. The van der Waals surface area contributed by atoms with Gasteiger partial charge in [0.2, 0.25) is 5.91 Å². The number of hydrogen-bond acceptors (Lipinski definition) is 3. The first-order valence-electron chi connectivity index (χ1n) is 6.49. The van der Waals surface area contributed by atoms with Crippen molar-refractivity contribution in [2.45, 2.75) is 33.2 Å². The molecule has 1 N–H and O–H groups in total. The van der Waals surface area contributed by atoms with Crippen LogP contribution in [-0.2, 0) is 20.7 Å². The first-order valence-corrected chi connectivity index (χ1v) is 6.49. The molecular formula is C15H21NO3. The summed E-state index contributed by atoms with van der Waals surface area (Å²) in [6.45, 7) is 5.93. The van der Waals surface area contributed by atoms with Gasteiger partial charge in [-0.05, 0) is 18.4 Å². The molecule has 1 aromatic carbocycles. The summed E-state index contributed by atoms with van der Waals surface area (Å²) >= 11 is 0. The summed E-state index contributed by atoms with van der Waals surface area (Å²) in [6, 6.07) is 8.79. The second-order valence-electron chi connectivity index (χ2n) is 4.98. The standard InChI is InChI=1S/C15H21NO3/c1-11(2)10-19-15(18)12(3)16-14(17)9-13-7-5-4-6-8-13/h4-8,11-12H,9-10H2,1-3H3,(H,16,17)/t12-/m0/s1. The number of amides is 1. The largest absolute Gasteiger partial charge is 0.464 e. The molecule has 1 amide bonds. The number of carbonyl (C=O) groups is 2. The molecule has 0 bridgehead atoms. The van der Waals surface area contributed by atoms with Crippen molar-refractivity contribution in [1.29, 1.82) is 0 Å². The number of esters is 1. The van der Waals surface area contributed by atoms with E-state index < -0.39 is 12.0 Å². The Bertz CT molecular complexity index is 415. The number of ether oxygens (including phenoxy) is 1. The van der Waals surface area contributed by atoms with Crippen molar-refractivity contribution in [1.82, 2.24) is 5.32 Å². The minimum absolute atomic E-state index is 0.180. The number of carbonyl (C=O) groups excluding carboxylic acids is 2. The van der Waals surface area contributed by atoms with E-state index in [4.69, 9.17) is 4.74 Å². The molecule has 1 atom stereocenters. The first-order chi connectivity index (χ1) is 8.99. The van der Waals surface area contributed by atoms with Crippen LogP contribution in [0.1, 0.15) is 26.3 Å². The summed E-state index contributed by atoms with van der Waals surface area (Å²) in [4.78, 5) is 23.3. The summed E-state index contributed by atoms with van der Waals surface area (Å²) in [7, 11) is 0. The normalized spacial score (nSPS) is 12.0. The van der Waals surface area contributed by atoms with Crippen molar-refractivity contribution in [3.63, 3.8) is 0 Å². The second kappa shape index (κ2) is 7.56. The molecule has 0 aliphatic heterocycles. The Balaban J connectivity index is 2.37. The minimum atomic E-state index is -0.616. The molecule has 1 rings (SSSR count). The van der Waals surface area contributed by atoms with Gasteiger partial charge in [0.15, 0.2) is 0 Å². The zero-order valence-electron chi connectivity index (χ0n) is 11.7. The van der Waals surface area contributed by atoms with Gasteiger partial charge in [0.05, 0.1) is 13.0 Å². The molecule has 0 heterocycles. The maximum atomic E-state index is 11.7. The van der Waals surface area contributed by atoms with E-state index in [2.05, 4.69) is 5.32 Å². The van der Waals surface area contributed by atoms with Gasteiger partial charge in [-0.3, -0.25) is 4.79 Å². The third kappa shape index (κ3) is 6.04. The van der Waals surface area contributed by atoms with Crippen molar-refractivity contribution >= 4 is 11.9 Å². The van der Waals surface area contributed by atoms with E-state index in [0.717, 1.165) is 5.56 Å². The molecule has 0 aliphatic carbocycles. The highest BCUT2D eigenvalue weighted by atomic mass is 16.5. The van der Waals surface area contributed by atoms with Gasteiger partial charge in [0.1, 0.15) is 6.04 Å². The number of hydrogen-bond donors (Lipinski definition) is 1. The smallest absolute Gasteiger partial charge is 0.328 e. The van der Waals surface area contributed by atoms with Crippen LogP contribution in [0.3, 0.4) is 0 Å². The molecule has 0 saturated heterocycles. The monoisotopic (exact) mass is 263 g/mol. The van der Waals surface area contributed by atoms with E-state index >= 15 is 0 Å². The fourth-order valence-corrected chi connectivity index (χ4v) is 1.51. The van der Waals surface area contributed by atoms with E-state index in [1.807, 2.05) is 44.2 Å². The molecule has 1 aromatic rings. The van der Waals surface area contributed by atoms with Crippen LogP contribution < -0.4 is 5.32 Å². The lowest BCUT2D eigenvalue weighted by Gasteiger charge is -2.14. The molecule has 0 aliphatic rings. The molecule has 104 valence electrons. The van der Waals surface area contributed by atoms with Gasteiger partial charge >= 0.3 is 5.97 Å². The summed E-state index contributed by atoms with van der Waals surface area (Å²) in [5, 5.41) is 2.64. The molecule has 19 heavy (non-hydrogen) atoms. The van der Waals surface area contributed by atoms with Gasteiger partial charge in [-0.1, -0.05) is 44.2 Å². The van der Waals surface area contributed by atoms with Gasteiger partial charge in [0, 0.05) is 0 Å². The van der Waals surface area contributed by atoms with Crippen LogP contribution in [0.25, 0.3) is 0 Å². The fourth-order valence-electron chi connectivity index (χ4n) is 1.51. The summed E-state index contributed by atoms with van der Waals surface area (Å²) in [5.41, 5.74) is 0.919. The van der Waals surface area contributed by atoms with E-state index in [0.29, 0.717) is 6.61 Å².